The molecule has 0 N–H and O–H groups in total. The third-order valence-corrected chi connectivity index (χ3v) is 2.81. The molecule has 1 saturated heterocycles. The van der Waals surface area contributed by atoms with E-state index in [1.165, 1.54) is 0 Å². The lowest BCUT2D eigenvalue weighted by atomic mass is 9.95. The highest BCUT2D eigenvalue weighted by Crippen LogP contribution is 2.29. The minimum Gasteiger partial charge on any atom is -0.435 e. The predicted octanol–water partition coefficient (Wildman–Crippen LogP) is 2.98. The number of esters is 1. The van der Waals surface area contributed by atoms with Gasteiger partial charge in [-0.05, 0) is 24.7 Å². The van der Waals surface area contributed by atoms with Crippen LogP contribution in [0, 0.1) is 17.8 Å². The van der Waals surface area contributed by atoms with Gasteiger partial charge in [0.05, 0.1) is 13.0 Å². The summed E-state index contributed by atoms with van der Waals surface area (Å²) >= 11 is 0. The molecule has 1 fully saturated rings. The van der Waals surface area contributed by atoms with E-state index < -0.39 is 0 Å². The summed E-state index contributed by atoms with van der Waals surface area (Å²) in [5.41, 5.74) is 0. The first-order valence-electron chi connectivity index (χ1n) is 6.30. The highest BCUT2D eigenvalue weighted by atomic mass is 16.7. The summed E-state index contributed by atoms with van der Waals surface area (Å²) in [5, 5.41) is 0. The topological polar surface area (TPSA) is 35.5 Å². The minimum absolute atomic E-state index is 0.111. The molecule has 3 heteroatoms. The summed E-state index contributed by atoms with van der Waals surface area (Å²) in [5.74, 6) is 1.34. The van der Waals surface area contributed by atoms with Gasteiger partial charge in [0.2, 0.25) is 6.29 Å². The monoisotopic (exact) mass is 228 g/mol. The van der Waals surface area contributed by atoms with Gasteiger partial charge in [-0.1, -0.05) is 27.7 Å². The van der Waals surface area contributed by atoms with Crippen molar-refractivity contribution in [1.29, 1.82) is 0 Å². The van der Waals surface area contributed by atoms with Crippen molar-refractivity contribution in [2.45, 2.75) is 53.2 Å². The second-order valence-corrected chi connectivity index (χ2v) is 5.51. The van der Waals surface area contributed by atoms with Crippen LogP contribution < -0.4 is 0 Å². The fraction of sp³-hybridized carbons (Fsp3) is 0.923. The average molecular weight is 228 g/mol. The number of hydrogen-bond acceptors (Lipinski definition) is 3. The summed E-state index contributed by atoms with van der Waals surface area (Å²) in [7, 11) is 0. The van der Waals surface area contributed by atoms with Crippen molar-refractivity contribution in [2.75, 3.05) is 6.61 Å². The molecular formula is C13H24O3. The molecule has 0 radical (unpaired) electrons. The van der Waals surface area contributed by atoms with Crippen molar-refractivity contribution < 1.29 is 14.3 Å². The van der Waals surface area contributed by atoms with Crippen LogP contribution in [0.15, 0.2) is 0 Å². The quantitative estimate of drug-likeness (QED) is 0.656. The molecule has 1 rings (SSSR count). The van der Waals surface area contributed by atoms with E-state index in [-0.39, 0.29) is 18.2 Å². The maximum Gasteiger partial charge on any atom is 0.308 e. The number of carbonyl (C=O) groups excluding carboxylic acids is 1. The second kappa shape index (κ2) is 6.24. The van der Waals surface area contributed by atoms with Crippen LogP contribution >= 0.6 is 0 Å². The Kier molecular flexibility index (Phi) is 5.26. The van der Waals surface area contributed by atoms with E-state index >= 15 is 0 Å². The van der Waals surface area contributed by atoms with E-state index in [1.54, 1.807) is 0 Å². The zero-order valence-corrected chi connectivity index (χ0v) is 10.9. The number of rotatable bonds is 6. The Labute approximate surface area is 98.5 Å². The highest BCUT2D eigenvalue weighted by Gasteiger charge is 2.35. The second-order valence-electron chi connectivity index (χ2n) is 5.51. The number of hydrogen-bond donors (Lipinski definition) is 0. The predicted molar refractivity (Wildman–Crippen MR) is 62.8 cm³/mol. The zero-order chi connectivity index (χ0) is 12.1. The van der Waals surface area contributed by atoms with E-state index in [1.807, 2.05) is 0 Å². The van der Waals surface area contributed by atoms with Gasteiger partial charge in [-0.3, -0.25) is 4.79 Å². The lowest BCUT2D eigenvalue weighted by Gasteiger charge is -2.19. The third-order valence-electron chi connectivity index (χ3n) is 2.81. The number of carbonyl (C=O) groups is 1. The standard InChI is InChI=1S/C13H24O3/c1-9(2)5-6-15-13-11(7-10(3)4)8-12(14)16-13/h9-11,13H,5-8H2,1-4H3. The third kappa shape index (κ3) is 4.52. The molecule has 2 unspecified atom stereocenters. The van der Waals surface area contributed by atoms with Crippen molar-refractivity contribution in [3.8, 4) is 0 Å². The lowest BCUT2D eigenvalue weighted by Crippen LogP contribution is -2.22. The van der Waals surface area contributed by atoms with Crippen LogP contribution in [-0.4, -0.2) is 18.9 Å². The molecule has 1 aliphatic rings. The van der Waals surface area contributed by atoms with Gasteiger partial charge < -0.3 is 9.47 Å². The number of ether oxygens (including phenoxy) is 2. The van der Waals surface area contributed by atoms with Crippen molar-refractivity contribution in [3.63, 3.8) is 0 Å². The van der Waals surface area contributed by atoms with Crippen LogP contribution in [0.3, 0.4) is 0 Å². The molecule has 94 valence electrons. The van der Waals surface area contributed by atoms with E-state index in [9.17, 15) is 4.79 Å². The Hall–Kier alpha value is -0.570. The average Bonchev–Trinajstić information content (AvgIpc) is 2.44. The van der Waals surface area contributed by atoms with Gasteiger partial charge in [0.1, 0.15) is 0 Å². The molecule has 16 heavy (non-hydrogen) atoms. The van der Waals surface area contributed by atoms with Crippen molar-refractivity contribution in [1.82, 2.24) is 0 Å². The molecule has 0 aromatic carbocycles. The van der Waals surface area contributed by atoms with Crippen LogP contribution in [0.2, 0.25) is 0 Å². The van der Waals surface area contributed by atoms with E-state index in [0.29, 0.717) is 24.9 Å². The van der Waals surface area contributed by atoms with Gasteiger partial charge in [0.15, 0.2) is 0 Å². The molecule has 0 saturated carbocycles. The van der Waals surface area contributed by atoms with Crippen molar-refractivity contribution in [2.24, 2.45) is 17.8 Å². The van der Waals surface area contributed by atoms with Gasteiger partial charge in [0, 0.05) is 5.92 Å². The molecule has 0 aromatic rings. The molecular weight excluding hydrogens is 204 g/mol. The van der Waals surface area contributed by atoms with E-state index in [4.69, 9.17) is 9.47 Å². The summed E-state index contributed by atoms with van der Waals surface area (Å²) in [4.78, 5) is 11.2. The largest absolute Gasteiger partial charge is 0.435 e. The van der Waals surface area contributed by atoms with Gasteiger partial charge in [0.25, 0.3) is 0 Å². The molecule has 1 aliphatic heterocycles. The number of cyclic esters (lactones) is 1. The van der Waals surface area contributed by atoms with Gasteiger partial charge in [-0.2, -0.15) is 0 Å². The van der Waals surface area contributed by atoms with Crippen LogP contribution in [0.4, 0.5) is 0 Å². The first-order valence-corrected chi connectivity index (χ1v) is 6.30. The molecule has 3 nitrogen and oxygen atoms in total. The van der Waals surface area contributed by atoms with Gasteiger partial charge in [-0.25, -0.2) is 0 Å². The zero-order valence-electron chi connectivity index (χ0n) is 10.9. The Morgan fingerprint density at radius 3 is 2.56 bits per heavy atom. The molecule has 0 spiro atoms. The highest BCUT2D eigenvalue weighted by molar-refractivity contribution is 5.71. The lowest BCUT2D eigenvalue weighted by molar-refractivity contribution is -0.168. The molecule has 1 heterocycles. The van der Waals surface area contributed by atoms with Crippen molar-refractivity contribution >= 4 is 5.97 Å². The maximum atomic E-state index is 11.2. The minimum atomic E-state index is -0.298. The molecule has 0 amide bonds. The van der Waals surface area contributed by atoms with Crippen LogP contribution in [0.1, 0.15) is 47.0 Å². The Balaban J connectivity index is 2.34. The molecule has 2 atom stereocenters. The van der Waals surface area contributed by atoms with Crippen LogP contribution in [0.5, 0.6) is 0 Å². The fourth-order valence-electron chi connectivity index (χ4n) is 1.97. The maximum absolute atomic E-state index is 11.2. The fourth-order valence-corrected chi connectivity index (χ4v) is 1.97. The normalized spacial score (nSPS) is 25.5. The molecule has 0 aliphatic carbocycles. The smallest absolute Gasteiger partial charge is 0.308 e. The Morgan fingerprint density at radius 2 is 2.00 bits per heavy atom. The molecule has 0 aromatic heterocycles. The molecule has 0 bridgehead atoms. The van der Waals surface area contributed by atoms with E-state index in [0.717, 1.165) is 12.8 Å². The Morgan fingerprint density at radius 1 is 1.31 bits per heavy atom. The van der Waals surface area contributed by atoms with Crippen LogP contribution in [0.25, 0.3) is 0 Å². The van der Waals surface area contributed by atoms with Crippen LogP contribution in [-0.2, 0) is 14.3 Å². The summed E-state index contributed by atoms with van der Waals surface area (Å²) < 4.78 is 10.9. The summed E-state index contributed by atoms with van der Waals surface area (Å²) in [6.45, 7) is 9.33. The summed E-state index contributed by atoms with van der Waals surface area (Å²) in [6, 6.07) is 0. The first kappa shape index (κ1) is 13.5. The SMILES string of the molecule is CC(C)CCOC1OC(=O)CC1CC(C)C. The van der Waals surface area contributed by atoms with Gasteiger partial charge >= 0.3 is 5.97 Å². The van der Waals surface area contributed by atoms with E-state index in [2.05, 4.69) is 27.7 Å². The van der Waals surface area contributed by atoms with Crippen molar-refractivity contribution in [3.05, 3.63) is 0 Å². The first-order chi connectivity index (χ1) is 7.49. The summed E-state index contributed by atoms with van der Waals surface area (Å²) in [6.07, 6.45) is 2.24. The Bertz CT molecular complexity index is 223. The van der Waals surface area contributed by atoms with Gasteiger partial charge in [-0.15, -0.1) is 0 Å².